The van der Waals surface area contributed by atoms with Crippen molar-refractivity contribution in [2.45, 2.75) is 11.8 Å². The molecule has 0 aliphatic carbocycles. The molecule has 0 aliphatic rings. The Labute approximate surface area is 173 Å². The van der Waals surface area contributed by atoms with Gasteiger partial charge in [0.25, 0.3) is 0 Å². The second-order valence-corrected chi connectivity index (χ2v) is 8.01. The number of halogens is 1. The number of carbonyl (C=O) groups excluding carboxylic acids is 1. The van der Waals surface area contributed by atoms with Crippen molar-refractivity contribution in [1.29, 1.82) is 0 Å². The van der Waals surface area contributed by atoms with Gasteiger partial charge in [0.2, 0.25) is 15.9 Å². The fraction of sp³-hybridized carbons (Fsp3) is 0.0500. The monoisotopic (exact) mass is 427 g/mol. The summed E-state index contributed by atoms with van der Waals surface area (Å²) in [4.78, 5) is 19.8. The fourth-order valence-electron chi connectivity index (χ4n) is 2.32. The van der Waals surface area contributed by atoms with Crippen molar-refractivity contribution in [3.8, 4) is 0 Å². The minimum atomic E-state index is -3.96. The van der Waals surface area contributed by atoms with E-state index in [0.717, 1.165) is 5.56 Å². The summed E-state index contributed by atoms with van der Waals surface area (Å²) in [6.07, 6.45) is 4.42. The Hall–Kier alpha value is -3.23. The summed E-state index contributed by atoms with van der Waals surface area (Å²) < 4.78 is 28.4. The third-order valence-electron chi connectivity index (χ3n) is 3.68. The lowest BCUT2D eigenvalue weighted by Gasteiger charge is -2.13. The van der Waals surface area contributed by atoms with Gasteiger partial charge in [-0.1, -0.05) is 29.8 Å². The summed E-state index contributed by atoms with van der Waals surface area (Å²) in [5, 5.41) is 3.23. The minimum Gasteiger partial charge on any atom is -0.366 e. The number of sulfonamides is 1. The lowest BCUT2D eigenvalue weighted by molar-refractivity contribution is -0.111. The molecule has 29 heavy (non-hydrogen) atoms. The van der Waals surface area contributed by atoms with Gasteiger partial charge in [0.1, 0.15) is 0 Å². The Kier molecular flexibility index (Phi) is 6.26. The van der Waals surface area contributed by atoms with Gasteiger partial charge in [0, 0.05) is 22.7 Å². The molecule has 148 valence electrons. The lowest BCUT2D eigenvalue weighted by atomic mass is 10.2. The molecule has 0 fully saturated rings. The van der Waals surface area contributed by atoms with Crippen LogP contribution in [0.1, 0.15) is 11.3 Å². The van der Waals surface area contributed by atoms with Crippen LogP contribution >= 0.6 is 11.6 Å². The van der Waals surface area contributed by atoms with Crippen molar-refractivity contribution in [2.24, 2.45) is 0 Å². The summed E-state index contributed by atoms with van der Waals surface area (Å²) >= 11 is 5.90. The number of nitrogens with one attached hydrogen (secondary N) is 1. The van der Waals surface area contributed by atoms with E-state index < -0.39 is 10.0 Å². The molecule has 0 unspecified atom stereocenters. The maximum absolute atomic E-state index is 12.4. The molecule has 1 heterocycles. The molecule has 9 heteroatoms. The third-order valence-corrected chi connectivity index (χ3v) is 5.19. The van der Waals surface area contributed by atoms with Gasteiger partial charge in [-0.2, -0.15) is 0 Å². The molecule has 0 radical (unpaired) electrons. The summed E-state index contributed by atoms with van der Waals surface area (Å²) in [6.45, 7) is 1.71. The Morgan fingerprint density at radius 2 is 1.90 bits per heavy atom. The average molecular weight is 428 g/mol. The van der Waals surface area contributed by atoms with E-state index >= 15 is 0 Å². The highest BCUT2D eigenvalue weighted by Gasteiger charge is 2.12. The Morgan fingerprint density at radius 3 is 2.59 bits per heavy atom. The summed E-state index contributed by atoms with van der Waals surface area (Å²) in [6, 6.07) is 14.4. The highest BCUT2D eigenvalue weighted by atomic mass is 35.5. The third kappa shape index (κ3) is 5.87. The average Bonchev–Trinajstić information content (AvgIpc) is 2.67. The minimum absolute atomic E-state index is 0.0323. The zero-order valence-electron chi connectivity index (χ0n) is 15.3. The van der Waals surface area contributed by atoms with Crippen LogP contribution in [0.4, 0.5) is 11.6 Å². The van der Waals surface area contributed by atoms with Crippen molar-refractivity contribution in [3.63, 3.8) is 0 Å². The summed E-state index contributed by atoms with van der Waals surface area (Å²) in [5.74, 6) is -0.494. The Bertz CT molecular complexity index is 1160. The van der Waals surface area contributed by atoms with Gasteiger partial charge in [-0.25, -0.2) is 8.42 Å². The number of hydrogen-bond donors (Lipinski definition) is 1. The molecule has 0 bridgehead atoms. The first-order valence-corrected chi connectivity index (χ1v) is 10.3. The van der Waals surface area contributed by atoms with Gasteiger partial charge in [-0.05, 0) is 66.9 Å². The first-order chi connectivity index (χ1) is 13.8. The van der Waals surface area contributed by atoms with E-state index in [1.165, 1.54) is 36.5 Å². The van der Waals surface area contributed by atoms with Crippen LogP contribution in [0.25, 0.3) is 10.8 Å². The molecule has 0 atom stereocenters. The molecule has 1 N–H and O–H groups in total. The number of anilines is 1. The predicted octanol–water partition coefficient (Wildman–Crippen LogP) is 4.48. The van der Waals surface area contributed by atoms with E-state index in [4.69, 9.17) is 11.6 Å². The molecule has 0 saturated carbocycles. The molecule has 3 rings (SSSR count). The first-order valence-electron chi connectivity index (χ1n) is 8.44. The molecule has 0 aliphatic heterocycles. The smallest absolute Gasteiger partial charge is 0.248 e. The second-order valence-electron chi connectivity index (χ2n) is 5.97. The number of carbonyl (C=O) groups is 1. The number of amides is 1. The van der Waals surface area contributed by atoms with E-state index in [1.807, 2.05) is 6.07 Å². The molecular weight excluding hydrogens is 412 g/mol. The number of rotatable bonds is 6. The molecule has 1 amide bonds. The molecule has 7 nitrogen and oxygen atoms in total. The molecule has 1 aromatic heterocycles. The SMILES string of the molecule is Cc1ccnc([N-]S(=O)(=O)c2ccc(NC(=O)C=Cc3cccc(Cl)c3)cc2)n1. The number of aryl methyl sites for hydroxylation is 1. The van der Waals surface area contributed by atoms with Crippen molar-refractivity contribution in [2.75, 3.05) is 5.32 Å². The topological polar surface area (TPSA) is 103 Å². The predicted molar refractivity (Wildman–Crippen MR) is 113 cm³/mol. The van der Waals surface area contributed by atoms with Crippen LogP contribution in [0, 0.1) is 6.92 Å². The van der Waals surface area contributed by atoms with Gasteiger partial charge in [-0.3, -0.25) is 9.52 Å². The van der Waals surface area contributed by atoms with E-state index in [0.29, 0.717) is 16.4 Å². The van der Waals surface area contributed by atoms with Crippen molar-refractivity contribution >= 4 is 45.2 Å². The number of hydrogen-bond acceptors (Lipinski definition) is 5. The van der Waals surface area contributed by atoms with E-state index in [9.17, 15) is 13.2 Å². The van der Waals surface area contributed by atoms with Gasteiger partial charge in [0.05, 0.1) is 4.90 Å². The maximum atomic E-state index is 12.4. The van der Waals surface area contributed by atoms with Crippen LogP contribution in [0.2, 0.25) is 5.02 Å². The van der Waals surface area contributed by atoms with Gasteiger partial charge in [-0.15, -0.1) is 0 Å². The van der Waals surface area contributed by atoms with Crippen LogP contribution in [-0.4, -0.2) is 24.3 Å². The fourth-order valence-corrected chi connectivity index (χ4v) is 3.40. The van der Waals surface area contributed by atoms with Gasteiger partial charge < -0.3 is 15.3 Å². The zero-order valence-corrected chi connectivity index (χ0v) is 16.9. The highest BCUT2D eigenvalue weighted by Crippen LogP contribution is 2.25. The maximum Gasteiger partial charge on any atom is 0.248 e. The van der Waals surface area contributed by atoms with Crippen LogP contribution in [0.5, 0.6) is 0 Å². The van der Waals surface area contributed by atoms with Crippen molar-refractivity contribution in [1.82, 2.24) is 9.97 Å². The summed E-state index contributed by atoms with van der Waals surface area (Å²) in [7, 11) is -3.96. The molecule has 3 aromatic rings. The standard InChI is InChI=1S/C20H17ClN4O3S/c1-14-11-12-22-20(23-14)25-29(27,28)18-8-6-17(7-9-18)24-19(26)10-5-15-3-2-4-16(21)13-15/h2-13H,1H3,(H2,22,23,24,25,26)/p-1. The van der Waals surface area contributed by atoms with E-state index in [2.05, 4.69) is 20.0 Å². The largest absolute Gasteiger partial charge is 0.366 e. The molecule has 0 saturated heterocycles. The van der Waals surface area contributed by atoms with Crippen LogP contribution in [0.3, 0.4) is 0 Å². The van der Waals surface area contributed by atoms with Gasteiger partial charge in [0.15, 0.2) is 0 Å². The Morgan fingerprint density at radius 1 is 1.14 bits per heavy atom. The van der Waals surface area contributed by atoms with Gasteiger partial charge >= 0.3 is 0 Å². The second kappa shape index (κ2) is 8.85. The van der Waals surface area contributed by atoms with Crippen LogP contribution in [-0.2, 0) is 14.8 Å². The van der Waals surface area contributed by atoms with E-state index in [1.54, 1.807) is 37.3 Å². The first kappa shape index (κ1) is 20.5. The molecule has 2 aromatic carbocycles. The van der Waals surface area contributed by atoms with Crippen molar-refractivity contribution in [3.05, 3.63) is 87.9 Å². The molecule has 0 spiro atoms. The molecular formula is C20H16ClN4O3S-. The van der Waals surface area contributed by atoms with Crippen LogP contribution in [0.15, 0.2) is 71.8 Å². The number of nitrogens with zero attached hydrogens (tertiary/aromatic N) is 3. The highest BCUT2D eigenvalue weighted by molar-refractivity contribution is 7.94. The van der Waals surface area contributed by atoms with Crippen molar-refractivity contribution < 1.29 is 13.2 Å². The van der Waals surface area contributed by atoms with Crippen LogP contribution < -0.4 is 5.32 Å². The quantitative estimate of drug-likeness (QED) is 0.584. The summed E-state index contributed by atoms with van der Waals surface area (Å²) in [5.41, 5.74) is 1.84. The Balaban J connectivity index is 1.65. The number of benzene rings is 2. The normalized spacial score (nSPS) is 11.4. The lowest BCUT2D eigenvalue weighted by Crippen LogP contribution is -2.08. The van der Waals surface area contributed by atoms with E-state index in [-0.39, 0.29) is 16.8 Å². The zero-order chi connectivity index (χ0) is 20.9. The number of aromatic nitrogens is 2.